The molecule has 0 radical (unpaired) electrons. The Morgan fingerprint density at radius 2 is 1.86 bits per heavy atom. The monoisotopic (exact) mass is 293 g/mol. The Labute approximate surface area is 126 Å². The lowest BCUT2D eigenvalue weighted by molar-refractivity contribution is 0.399. The molecular weight excluding hydrogens is 278 g/mol. The van der Waals surface area contributed by atoms with Crippen molar-refractivity contribution < 1.29 is 4.74 Å². The van der Waals surface area contributed by atoms with Crippen molar-refractivity contribution in [1.82, 2.24) is 24.3 Å². The van der Waals surface area contributed by atoms with Crippen LogP contribution in [0.3, 0.4) is 0 Å². The summed E-state index contributed by atoms with van der Waals surface area (Å²) < 4.78 is 7.31. The molecule has 0 unspecified atom stereocenters. The number of methoxy groups -OCH3 is 1. The Morgan fingerprint density at radius 3 is 2.59 bits per heavy atom. The van der Waals surface area contributed by atoms with Gasteiger partial charge in [0.05, 0.1) is 24.0 Å². The summed E-state index contributed by atoms with van der Waals surface area (Å²) in [5.41, 5.74) is 5.44. The van der Waals surface area contributed by atoms with Crippen LogP contribution in [0.2, 0.25) is 0 Å². The van der Waals surface area contributed by atoms with Crippen LogP contribution in [0.15, 0.2) is 30.6 Å². The van der Waals surface area contributed by atoms with Crippen LogP contribution in [-0.4, -0.2) is 31.4 Å². The molecular formula is C16H15N5O. The molecule has 4 aromatic rings. The van der Waals surface area contributed by atoms with Gasteiger partial charge >= 0.3 is 0 Å². The van der Waals surface area contributed by atoms with Crippen LogP contribution in [0.5, 0.6) is 5.88 Å². The van der Waals surface area contributed by atoms with E-state index in [1.807, 2.05) is 44.4 Å². The molecule has 0 saturated heterocycles. The van der Waals surface area contributed by atoms with Gasteiger partial charge in [-0.1, -0.05) is 0 Å². The fraction of sp³-hybridized carbons (Fsp3) is 0.188. The van der Waals surface area contributed by atoms with Gasteiger partial charge in [0, 0.05) is 24.0 Å². The minimum Gasteiger partial charge on any atom is -0.481 e. The van der Waals surface area contributed by atoms with Crippen LogP contribution >= 0.6 is 0 Å². The Balaban J connectivity index is 2.22. The molecule has 0 atom stereocenters. The van der Waals surface area contributed by atoms with E-state index in [4.69, 9.17) is 9.72 Å². The molecule has 6 heteroatoms. The highest BCUT2D eigenvalue weighted by molar-refractivity contribution is 5.81. The summed E-state index contributed by atoms with van der Waals surface area (Å²) in [4.78, 5) is 17.0. The molecule has 0 aliphatic rings. The van der Waals surface area contributed by atoms with E-state index in [2.05, 4.69) is 19.4 Å². The smallest absolute Gasteiger partial charge is 0.215 e. The van der Waals surface area contributed by atoms with Gasteiger partial charge in [0.15, 0.2) is 5.65 Å². The molecule has 0 amide bonds. The molecule has 0 saturated carbocycles. The lowest BCUT2D eigenvalue weighted by atomic mass is 10.3. The molecule has 0 fully saturated rings. The lowest BCUT2D eigenvalue weighted by Gasteiger charge is -2.08. The van der Waals surface area contributed by atoms with Crippen molar-refractivity contribution in [3.8, 4) is 17.3 Å². The van der Waals surface area contributed by atoms with E-state index in [0.717, 1.165) is 39.5 Å². The predicted octanol–water partition coefficient (Wildman–Crippen LogP) is 2.90. The summed E-state index contributed by atoms with van der Waals surface area (Å²) in [6, 6.07) is 5.74. The van der Waals surface area contributed by atoms with Gasteiger partial charge in [-0.15, -0.1) is 0 Å². The van der Waals surface area contributed by atoms with E-state index in [1.54, 1.807) is 7.11 Å². The number of rotatable bonds is 2. The largest absolute Gasteiger partial charge is 0.481 e. The predicted molar refractivity (Wildman–Crippen MR) is 84.1 cm³/mol. The van der Waals surface area contributed by atoms with Crippen molar-refractivity contribution in [3.05, 3.63) is 42.0 Å². The van der Waals surface area contributed by atoms with Gasteiger partial charge in [-0.05, 0) is 26.0 Å². The Kier molecular flexibility index (Phi) is 2.66. The maximum Gasteiger partial charge on any atom is 0.215 e. The second-order valence-electron chi connectivity index (χ2n) is 5.20. The van der Waals surface area contributed by atoms with Crippen LogP contribution in [0.25, 0.3) is 28.1 Å². The molecule has 0 aliphatic heterocycles. The van der Waals surface area contributed by atoms with Crippen LogP contribution in [0, 0.1) is 13.8 Å². The quantitative estimate of drug-likeness (QED) is 0.617. The number of aromatic nitrogens is 5. The number of hydrogen-bond donors (Lipinski definition) is 1. The first-order valence-corrected chi connectivity index (χ1v) is 7.02. The molecule has 6 nitrogen and oxygen atoms in total. The van der Waals surface area contributed by atoms with E-state index in [-0.39, 0.29) is 0 Å². The number of aromatic amines is 1. The van der Waals surface area contributed by atoms with Gasteiger partial charge in [-0.3, -0.25) is 4.40 Å². The summed E-state index contributed by atoms with van der Waals surface area (Å²) in [5, 5.41) is 0. The molecule has 1 N–H and O–H groups in total. The van der Waals surface area contributed by atoms with Gasteiger partial charge in [0.2, 0.25) is 5.88 Å². The number of imidazole rings is 1. The highest BCUT2D eigenvalue weighted by atomic mass is 16.5. The van der Waals surface area contributed by atoms with Gasteiger partial charge < -0.3 is 9.72 Å². The number of fused-ring (bicyclic) bond motifs is 3. The van der Waals surface area contributed by atoms with Gasteiger partial charge in [-0.25, -0.2) is 9.97 Å². The van der Waals surface area contributed by atoms with Crippen LogP contribution < -0.4 is 4.74 Å². The molecule has 110 valence electrons. The number of H-pyrrole nitrogens is 1. The SMILES string of the molecule is COc1ccc2nc(C)c3c(C)nc(-c4cc[nH]c4)n3c2n1. The van der Waals surface area contributed by atoms with Crippen molar-refractivity contribution in [2.45, 2.75) is 13.8 Å². The second-order valence-corrected chi connectivity index (χ2v) is 5.20. The standard InChI is InChI=1S/C16H15N5O/c1-9-14-10(2)19-15(11-6-7-17-8-11)21(14)16-12(18-9)4-5-13(20-16)22-3/h4-8,17H,1-3H3. The minimum absolute atomic E-state index is 0.561. The zero-order valence-electron chi connectivity index (χ0n) is 12.6. The number of ether oxygens (including phenoxy) is 1. The maximum atomic E-state index is 5.26. The summed E-state index contributed by atoms with van der Waals surface area (Å²) in [6.07, 6.45) is 3.81. The van der Waals surface area contributed by atoms with Gasteiger partial charge in [0.1, 0.15) is 11.3 Å². The average Bonchev–Trinajstić information content (AvgIpc) is 3.15. The van der Waals surface area contributed by atoms with E-state index in [9.17, 15) is 0 Å². The fourth-order valence-electron chi connectivity index (χ4n) is 2.84. The molecule has 4 heterocycles. The fourth-order valence-corrected chi connectivity index (χ4v) is 2.84. The third-order valence-corrected chi connectivity index (χ3v) is 3.79. The minimum atomic E-state index is 0.561. The zero-order chi connectivity index (χ0) is 15.3. The van der Waals surface area contributed by atoms with Crippen molar-refractivity contribution in [2.24, 2.45) is 0 Å². The highest BCUT2D eigenvalue weighted by Gasteiger charge is 2.17. The zero-order valence-corrected chi connectivity index (χ0v) is 12.6. The molecule has 0 aliphatic carbocycles. The topological polar surface area (TPSA) is 68.1 Å². The van der Waals surface area contributed by atoms with Gasteiger partial charge in [0.25, 0.3) is 0 Å². The normalized spacial score (nSPS) is 11.4. The van der Waals surface area contributed by atoms with E-state index < -0.39 is 0 Å². The average molecular weight is 293 g/mol. The maximum absolute atomic E-state index is 5.26. The van der Waals surface area contributed by atoms with Crippen molar-refractivity contribution >= 4 is 16.7 Å². The Hall–Kier alpha value is -2.89. The van der Waals surface area contributed by atoms with Crippen molar-refractivity contribution in [2.75, 3.05) is 7.11 Å². The van der Waals surface area contributed by atoms with E-state index in [1.165, 1.54) is 0 Å². The van der Waals surface area contributed by atoms with Crippen LogP contribution in [0.1, 0.15) is 11.4 Å². The summed E-state index contributed by atoms with van der Waals surface area (Å²) in [6.45, 7) is 3.99. The molecule has 0 bridgehead atoms. The van der Waals surface area contributed by atoms with Crippen LogP contribution in [-0.2, 0) is 0 Å². The number of nitrogens with one attached hydrogen (secondary N) is 1. The number of aryl methyl sites for hydroxylation is 2. The first-order chi connectivity index (χ1) is 10.7. The molecule has 22 heavy (non-hydrogen) atoms. The first-order valence-electron chi connectivity index (χ1n) is 7.02. The Morgan fingerprint density at radius 1 is 1.05 bits per heavy atom. The lowest BCUT2D eigenvalue weighted by Crippen LogP contribution is -2.00. The first kappa shape index (κ1) is 12.8. The molecule has 4 rings (SSSR count). The van der Waals surface area contributed by atoms with E-state index in [0.29, 0.717) is 5.88 Å². The van der Waals surface area contributed by atoms with Crippen LogP contribution in [0.4, 0.5) is 0 Å². The summed E-state index contributed by atoms with van der Waals surface area (Å²) in [5.74, 6) is 1.41. The van der Waals surface area contributed by atoms with E-state index >= 15 is 0 Å². The van der Waals surface area contributed by atoms with Gasteiger partial charge in [-0.2, -0.15) is 4.98 Å². The van der Waals surface area contributed by atoms with Crippen molar-refractivity contribution in [1.29, 1.82) is 0 Å². The Bertz CT molecular complexity index is 985. The molecule has 0 spiro atoms. The summed E-state index contributed by atoms with van der Waals surface area (Å²) >= 11 is 0. The number of hydrogen-bond acceptors (Lipinski definition) is 4. The molecule has 0 aromatic carbocycles. The summed E-state index contributed by atoms with van der Waals surface area (Å²) in [7, 11) is 1.61. The third kappa shape index (κ3) is 1.70. The molecule has 4 aromatic heterocycles. The third-order valence-electron chi connectivity index (χ3n) is 3.79. The number of pyridine rings is 1. The van der Waals surface area contributed by atoms with Crippen molar-refractivity contribution in [3.63, 3.8) is 0 Å². The highest BCUT2D eigenvalue weighted by Crippen LogP contribution is 2.28. The number of nitrogens with zero attached hydrogens (tertiary/aromatic N) is 4. The second kappa shape index (κ2) is 4.56.